The summed E-state index contributed by atoms with van der Waals surface area (Å²) in [4.78, 5) is 5.04. The third-order valence-electron chi connectivity index (χ3n) is 15.9. The SMILES string of the molecule is Cc1ccc(N(c2c(C)cccc2-c2ccccc2)c2ccc3c4cc5c(cc4n4c6ccccc6c2c34)c2ccc(N(c3ccc(C)cc3)c3c(C)cccc3-c3ccccc3)c3c4ccccc4n5c23)cc1. The summed E-state index contributed by atoms with van der Waals surface area (Å²) in [5.74, 6) is 0. The number of aryl methyl sites for hydroxylation is 4. The number of hydrogen-bond donors (Lipinski definition) is 0. The standard InChI is InChI=1S/C70H50N4/c1-43-29-33-49(34-30-43)71(67-45(3)17-15-25-51(67)47-19-7-5-8-20-47)61-39-37-53-57-41-64-58(42-63(57)73-59-27-13-11-23-55(59)65(61)69(53)73)54-38-40-62(66-56-24-12-14-28-60(56)74(64)70(54)66)72(50-35-31-44(2)32-36-50)68-46(4)18-16-26-52(68)48-21-9-6-10-22-48/h5-42H,1-4H3. The van der Waals surface area contributed by atoms with E-state index in [0.717, 1.165) is 22.7 Å². The molecule has 4 heteroatoms. The van der Waals surface area contributed by atoms with E-state index in [9.17, 15) is 0 Å². The number of para-hydroxylation sites is 4. The zero-order valence-electron chi connectivity index (χ0n) is 41.7. The van der Waals surface area contributed by atoms with Gasteiger partial charge in [0.05, 0.1) is 55.8 Å². The molecule has 4 heterocycles. The zero-order chi connectivity index (χ0) is 49.3. The number of anilines is 6. The van der Waals surface area contributed by atoms with Crippen LogP contribution in [-0.2, 0) is 0 Å². The van der Waals surface area contributed by atoms with Gasteiger partial charge in [0.2, 0.25) is 0 Å². The maximum atomic E-state index is 2.56. The number of nitrogens with zero attached hydrogens (tertiary/aromatic N) is 4. The summed E-state index contributed by atoms with van der Waals surface area (Å²) in [5.41, 5.74) is 24.0. The first kappa shape index (κ1) is 42.3. The van der Waals surface area contributed by atoms with Crippen molar-refractivity contribution in [3.05, 3.63) is 253 Å². The second-order valence-electron chi connectivity index (χ2n) is 20.3. The lowest BCUT2D eigenvalue weighted by Gasteiger charge is -2.30. The lowest BCUT2D eigenvalue weighted by molar-refractivity contribution is 1.26. The monoisotopic (exact) mass is 946 g/mol. The molecule has 0 aliphatic carbocycles. The molecule has 0 unspecified atom stereocenters. The first-order chi connectivity index (χ1) is 36.4. The molecule has 0 radical (unpaired) electrons. The Bertz CT molecular complexity index is 4380. The van der Waals surface area contributed by atoms with Crippen LogP contribution in [0, 0.1) is 27.7 Å². The number of benzene rings is 11. The predicted molar refractivity (Wildman–Crippen MR) is 315 cm³/mol. The van der Waals surface area contributed by atoms with Crippen molar-refractivity contribution in [3.63, 3.8) is 0 Å². The maximum absolute atomic E-state index is 2.56. The van der Waals surface area contributed by atoms with Crippen LogP contribution in [0.2, 0.25) is 0 Å². The third-order valence-corrected chi connectivity index (χ3v) is 15.9. The summed E-state index contributed by atoms with van der Waals surface area (Å²) in [7, 11) is 0. The minimum Gasteiger partial charge on any atom is -0.309 e. The van der Waals surface area contributed by atoms with Gasteiger partial charge in [0.1, 0.15) is 0 Å². The molecular weight excluding hydrogens is 897 g/mol. The van der Waals surface area contributed by atoms with Gasteiger partial charge in [-0.15, -0.1) is 0 Å². The smallest absolute Gasteiger partial charge is 0.0641 e. The Morgan fingerprint density at radius 3 is 1.11 bits per heavy atom. The highest BCUT2D eigenvalue weighted by Gasteiger charge is 2.30. The molecule has 0 aliphatic rings. The molecule has 350 valence electrons. The number of fused-ring (bicyclic) bond motifs is 12. The second-order valence-corrected chi connectivity index (χ2v) is 20.3. The van der Waals surface area contributed by atoms with Gasteiger partial charge in [0.15, 0.2) is 0 Å². The quantitative estimate of drug-likeness (QED) is 0.151. The van der Waals surface area contributed by atoms with Gasteiger partial charge in [-0.05, 0) is 111 Å². The molecule has 0 aliphatic heterocycles. The summed E-state index contributed by atoms with van der Waals surface area (Å²) in [5, 5.41) is 9.97. The largest absolute Gasteiger partial charge is 0.309 e. The van der Waals surface area contributed by atoms with E-state index in [1.54, 1.807) is 0 Å². The van der Waals surface area contributed by atoms with E-state index in [1.165, 1.54) is 132 Å². The summed E-state index contributed by atoms with van der Waals surface area (Å²) in [6.45, 7) is 8.84. The van der Waals surface area contributed by atoms with Crippen molar-refractivity contribution in [1.29, 1.82) is 0 Å². The van der Waals surface area contributed by atoms with E-state index >= 15 is 0 Å². The Kier molecular flexibility index (Phi) is 9.19. The molecule has 74 heavy (non-hydrogen) atoms. The molecule has 0 fully saturated rings. The molecule has 0 amide bonds. The van der Waals surface area contributed by atoms with E-state index in [1.807, 2.05) is 0 Å². The first-order valence-electron chi connectivity index (χ1n) is 25.8. The Morgan fingerprint density at radius 1 is 0.297 bits per heavy atom. The predicted octanol–water partition coefficient (Wildman–Crippen LogP) is 19.5. The van der Waals surface area contributed by atoms with Gasteiger partial charge in [-0.3, -0.25) is 0 Å². The van der Waals surface area contributed by atoms with Crippen molar-refractivity contribution in [3.8, 4) is 22.3 Å². The number of hydrogen-bond acceptors (Lipinski definition) is 2. The maximum Gasteiger partial charge on any atom is 0.0641 e. The van der Waals surface area contributed by atoms with Crippen molar-refractivity contribution in [2.24, 2.45) is 0 Å². The normalized spacial score (nSPS) is 12.1. The average molecular weight is 947 g/mol. The van der Waals surface area contributed by atoms with Gasteiger partial charge in [0, 0.05) is 65.6 Å². The van der Waals surface area contributed by atoms with E-state index < -0.39 is 0 Å². The Balaban J connectivity index is 1.02. The molecule has 0 spiro atoms. The lowest BCUT2D eigenvalue weighted by atomic mass is 9.97. The van der Waals surface area contributed by atoms with Crippen LogP contribution < -0.4 is 9.80 Å². The van der Waals surface area contributed by atoms with Gasteiger partial charge in [-0.2, -0.15) is 0 Å². The molecule has 0 N–H and O–H groups in total. The van der Waals surface area contributed by atoms with Crippen LogP contribution in [0.1, 0.15) is 22.3 Å². The average Bonchev–Trinajstić information content (AvgIpc) is 4.17. The fourth-order valence-electron chi connectivity index (χ4n) is 12.6. The number of rotatable bonds is 8. The summed E-state index contributed by atoms with van der Waals surface area (Å²) >= 11 is 0. The van der Waals surface area contributed by atoms with Gasteiger partial charge < -0.3 is 18.6 Å². The molecular formula is C70H50N4. The molecule has 4 aromatic heterocycles. The topological polar surface area (TPSA) is 15.3 Å². The van der Waals surface area contributed by atoms with E-state index in [4.69, 9.17) is 0 Å². The fourth-order valence-corrected chi connectivity index (χ4v) is 12.6. The van der Waals surface area contributed by atoms with Crippen molar-refractivity contribution >= 4 is 110 Å². The van der Waals surface area contributed by atoms with Gasteiger partial charge >= 0.3 is 0 Å². The van der Waals surface area contributed by atoms with Crippen LogP contribution in [0.3, 0.4) is 0 Å². The summed E-state index contributed by atoms with van der Waals surface area (Å²) < 4.78 is 5.12. The van der Waals surface area contributed by atoms with Crippen LogP contribution >= 0.6 is 0 Å². The van der Waals surface area contributed by atoms with Crippen molar-refractivity contribution in [2.75, 3.05) is 9.80 Å². The summed E-state index contributed by atoms with van der Waals surface area (Å²) in [6.07, 6.45) is 0. The molecule has 0 saturated heterocycles. The van der Waals surface area contributed by atoms with Crippen LogP contribution in [0.25, 0.3) is 98.4 Å². The molecule has 0 atom stereocenters. The van der Waals surface area contributed by atoms with E-state index in [-0.39, 0.29) is 0 Å². The zero-order valence-corrected chi connectivity index (χ0v) is 41.7. The first-order valence-corrected chi connectivity index (χ1v) is 25.8. The fraction of sp³-hybridized carbons (Fsp3) is 0.0571. The molecule has 0 saturated carbocycles. The van der Waals surface area contributed by atoms with Crippen LogP contribution in [0.4, 0.5) is 34.1 Å². The molecule has 4 nitrogen and oxygen atoms in total. The van der Waals surface area contributed by atoms with E-state index in [0.29, 0.717) is 0 Å². The van der Waals surface area contributed by atoms with E-state index in [2.05, 4.69) is 277 Å². The molecule has 11 aromatic carbocycles. The Labute approximate surface area is 429 Å². The van der Waals surface area contributed by atoms with Gasteiger partial charge in [-0.25, -0.2) is 0 Å². The highest BCUT2D eigenvalue weighted by Crippen LogP contribution is 2.53. The number of aromatic nitrogens is 2. The summed E-state index contributed by atoms with van der Waals surface area (Å²) in [6, 6.07) is 85.8. The van der Waals surface area contributed by atoms with Crippen molar-refractivity contribution < 1.29 is 0 Å². The molecule has 15 rings (SSSR count). The lowest BCUT2D eigenvalue weighted by Crippen LogP contribution is -2.13. The van der Waals surface area contributed by atoms with Crippen molar-refractivity contribution in [2.45, 2.75) is 27.7 Å². The Hall–Kier alpha value is -9.38. The van der Waals surface area contributed by atoms with Gasteiger partial charge in [-0.1, -0.05) is 181 Å². The highest BCUT2D eigenvalue weighted by atomic mass is 15.2. The van der Waals surface area contributed by atoms with Crippen LogP contribution in [-0.4, -0.2) is 8.80 Å². The Morgan fingerprint density at radius 2 is 0.689 bits per heavy atom. The van der Waals surface area contributed by atoms with Crippen LogP contribution in [0.15, 0.2) is 231 Å². The third kappa shape index (κ3) is 6.03. The minimum atomic E-state index is 1.13. The second kappa shape index (κ2) is 16.1. The molecule has 0 bridgehead atoms. The van der Waals surface area contributed by atoms with Crippen molar-refractivity contribution in [1.82, 2.24) is 8.80 Å². The minimum absolute atomic E-state index is 1.13. The van der Waals surface area contributed by atoms with Gasteiger partial charge in [0.25, 0.3) is 0 Å². The molecule has 15 aromatic rings. The highest BCUT2D eigenvalue weighted by molar-refractivity contribution is 6.32. The van der Waals surface area contributed by atoms with Crippen LogP contribution in [0.5, 0.6) is 0 Å².